The molecule has 9 aromatic rings. The van der Waals surface area contributed by atoms with E-state index >= 15 is 0 Å². The Balaban J connectivity index is 0.659. The number of methoxy groups -OCH3 is 1. The molecule has 0 radical (unpaired) electrons. The second kappa shape index (κ2) is 33.5. The molecule has 0 fully saturated rings. The van der Waals surface area contributed by atoms with Gasteiger partial charge in [-0.1, -0.05) is 71.2 Å². The van der Waals surface area contributed by atoms with Crippen LogP contribution in [0.15, 0.2) is 144 Å². The van der Waals surface area contributed by atoms with Crippen LogP contribution in [0.5, 0.6) is 23.3 Å². The Morgan fingerprint density at radius 1 is 0.636 bits per heavy atom. The highest BCUT2D eigenvalue weighted by Crippen LogP contribution is 2.39. The summed E-state index contributed by atoms with van der Waals surface area (Å²) in [5.74, 6) is 2.89. The summed E-state index contributed by atoms with van der Waals surface area (Å²) in [7, 11) is 9.44. The standard InChI is InChI=1S/C73H80Cl3N13O7S3/c1-77-25-21-63(66-9-6-34-97-66)95-61-18-13-49(38-57(61)75)37-48-12-17-60(90)54-42-79-46-81-69(54)88(29-22-48)47-83(2)27-23-65(68-11-8-36-99-68)96-62-19-14-50(39-58(62)76)44-86-32-33-89(59-20-26-78-41-53(59)71(86)91)85(4)28-24-64(67-10-7-35-98-67)94-52-16-15-51(56(74)40-52)45-87-31-30-84(3)70-55(72(87)92)43-80-73(82-70)93-5/h6-11,13-16,18-20,26,34-36,38-43,46,48,63-65,77H,12,17,21-25,27-33,37,44-45,47H2,1-5H3/t48?,63-,64-,65-/m0/s1. The van der Waals surface area contributed by atoms with Crippen molar-refractivity contribution in [3.63, 3.8) is 0 Å². The Labute approximate surface area is 605 Å². The Morgan fingerprint density at radius 3 is 1.98 bits per heavy atom. The number of anilines is 3. The maximum atomic E-state index is 14.6. The number of carbonyl (C=O) groups excluding carboxylic acids is 3. The minimum atomic E-state index is -0.318. The lowest BCUT2D eigenvalue weighted by atomic mass is 9.90. The number of carbonyl (C=O) groups is 3. The molecule has 518 valence electrons. The number of amides is 2. The monoisotopic (exact) mass is 1450 g/mol. The Morgan fingerprint density at radius 2 is 1.29 bits per heavy atom. The fourth-order valence-electron chi connectivity index (χ4n) is 12.8. The average molecular weight is 1450 g/mol. The first-order valence-electron chi connectivity index (χ1n) is 33.2. The zero-order valence-electron chi connectivity index (χ0n) is 56.0. The number of ketones is 1. The first-order chi connectivity index (χ1) is 48.2. The van der Waals surface area contributed by atoms with Gasteiger partial charge in [0, 0.05) is 137 Å². The van der Waals surface area contributed by atoms with Gasteiger partial charge in [0.15, 0.2) is 5.78 Å². The van der Waals surface area contributed by atoms with Gasteiger partial charge in [0.2, 0.25) is 0 Å². The van der Waals surface area contributed by atoms with Gasteiger partial charge < -0.3 is 48.9 Å². The molecule has 0 bridgehead atoms. The van der Waals surface area contributed by atoms with Gasteiger partial charge in [0.05, 0.1) is 47.2 Å². The van der Waals surface area contributed by atoms with Gasteiger partial charge in [-0.25, -0.2) is 20.0 Å². The van der Waals surface area contributed by atoms with Crippen molar-refractivity contribution in [2.24, 2.45) is 5.92 Å². The first-order valence-corrected chi connectivity index (χ1v) is 36.9. The SMILES string of the molecule is CNCC[C@H](Oc1ccc(CC2CCC(=O)c3cncnc3N(CN(C)CC[C@H](Oc3ccc(CN4CCN(N(C)CC[C@H](Oc5ccc(CN6CCN(C)c7nc(OC)ncc7C6=O)c(Cl)c5)c5cccs5)c5ccncc5C4=O)cc3Cl)c3cccs3)CC2)cc1Cl)c1cccs1. The highest BCUT2D eigenvalue weighted by Gasteiger charge is 2.33. The molecule has 1 N–H and O–H groups in total. The Hall–Kier alpha value is -7.97. The Kier molecular flexibility index (Phi) is 24.0. The largest absolute Gasteiger partial charge is 0.485 e. The third-order valence-corrected chi connectivity index (χ3v) is 22.0. The summed E-state index contributed by atoms with van der Waals surface area (Å²) < 4.78 is 25.3. The summed E-state index contributed by atoms with van der Waals surface area (Å²) in [6.07, 6.45) is 12.1. The summed E-state index contributed by atoms with van der Waals surface area (Å²) in [4.78, 5) is 77.7. The Bertz CT molecular complexity index is 4200. The van der Waals surface area contributed by atoms with E-state index in [1.54, 1.807) is 57.5 Å². The molecule has 99 heavy (non-hydrogen) atoms. The molecule has 6 aromatic heterocycles. The predicted octanol–water partition coefficient (Wildman–Crippen LogP) is 14.3. The first kappa shape index (κ1) is 70.9. The van der Waals surface area contributed by atoms with Crippen molar-refractivity contribution < 1.29 is 33.3 Å². The van der Waals surface area contributed by atoms with E-state index in [0.29, 0.717) is 145 Å². The molecule has 4 atom stereocenters. The molecule has 3 aromatic carbocycles. The van der Waals surface area contributed by atoms with E-state index in [-0.39, 0.29) is 47.8 Å². The summed E-state index contributed by atoms with van der Waals surface area (Å²) in [5, 5.41) is 15.2. The van der Waals surface area contributed by atoms with E-state index in [1.807, 2.05) is 109 Å². The molecule has 26 heteroatoms. The summed E-state index contributed by atoms with van der Waals surface area (Å²) in [5.41, 5.74) is 4.93. The van der Waals surface area contributed by atoms with Gasteiger partial charge in [-0.15, -0.1) is 34.0 Å². The number of nitrogens with zero attached hydrogens (tertiary/aromatic N) is 12. The maximum Gasteiger partial charge on any atom is 0.318 e. The fraction of sp³-hybridized carbons (Fsp3) is 0.370. The normalized spacial score (nSPS) is 16.1. The number of likely N-dealkylation sites (N-methyl/N-ethyl adjacent to an activating group) is 1. The van der Waals surface area contributed by atoms with Crippen LogP contribution in [0.2, 0.25) is 15.1 Å². The van der Waals surface area contributed by atoms with Crippen LogP contribution in [0.1, 0.15) is 119 Å². The number of fused-ring (bicyclic) bond motifs is 3. The van der Waals surface area contributed by atoms with Crippen LogP contribution < -0.4 is 39.1 Å². The van der Waals surface area contributed by atoms with Gasteiger partial charge >= 0.3 is 6.01 Å². The van der Waals surface area contributed by atoms with Crippen LogP contribution in [-0.4, -0.2) is 157 Å². The number of hydrogen-bond acceptors (Lipinski definition) is 21. The van der Waals surface area contributed by atoms with E-state index in [2.05, 4.69) is 87.1 Å². The van der Waals surface area contributed by atoms with E-state index in [0.717, 1.165) is 69.2 Å². The van der Waals surface area contributed by atoms with Gasteiger partial charge in [-0.2, -0.15) is 4.98 Å². The molecule has 3 aliphatic heterocycles. The van der Waals surface area contributed by atoms with Crippen molar-refractivity contribution in [3.8, 4) is 23.3 Å². The zero-order chi connectivity index (χ0) is 68.9. The molecule has 9 heterocycles. The highest BCUT2D eigenvalue weighted by molar-refractivity contribution is 7.10. The highest BCUT2D eigenvalue weighted by atomic mass is 35.5. The number of ether oxygens (including phenoxy) is 4. The number of Topliss-reactive ketones (excluding diaryl/α,β-unsaturated/α-hetero) is 1. The minimum absolute atomic E-state index is 0.0325. The number of pyridine rings is 1. The van der Waals surface area contributed by atoms with Crippen molar-refractivity contribution in [3.05, 3.63) is 207 Å². The number of thiophene rings is 3. The molecule has 20 nitrogen and oxygen atoms in total. The van der Waals surface area contributed by atoms with Crippen LogP contribution in [-0.2, 0) is 19.5 Å². The number of rotatable bonds is 28. The lowest BCUT2D eigenvalue weighted by Gasteiger charge is -2.34. The zero-order valence-corrected chi connectivity index (χ0v) is 60.7. The predicted molar refractivity (Wildman–Crippen MR) is 393 cm³/mol. The molecule has 12 rings (SSSR count). The van der Waals surface area contributed by atoms with Crippen LogP contribution in [0, 0.1) is 5.92 Å². The molecule has 1 unspecified atom stereocenters. The topological polar surface area (TPSA) is 187 Å². The van der Waals surface area contributed by atoms with E-state index in [1.165, 1.54) is 19.6 Å². The van der Waals surface area contributed by atoms with Gasteiger partial charge in [-0.05, 0) is 139 Å². The van der Waals surface area contributed by atoms with Gasteiger partial charge in [-0.3, -0.25) is 24.3 Å². The number of halogens is 3. The smallest absolute Gasteiger partial charge is 0.318 e. The minimum Gasteiger partial charge on any atom is -0.485 e. The maximum absolute atomic E-state index is 14.6. The molecular formula is C73H80Cl3N13O7S3. The summed E-state index contributed by atoms with van der Waals surface area (Å²) in [6.45, 7) is 5.83. The van der Waals surface area contributed by atoms with Crippen LogP contribution in [0.4, 0.5) is 17.3 Å². The molecule has 3 aliphatic rings. The number of hydrazine groups is 1. The van der Waals surface area contributed by atoms with Crippen molar-refractivity contribution in [2.75, 3.05) is 109 Å². The van der Waals surface area contributed by atoms with Crippen LogP contribution >= 0.6 is 68.8 Å². The second-order valence-corrected chi connectivity index (χ2v) is 29.2. The molecule has 0 saturated carbocycles. The second-order valence-electron chi connectivity index (χ2n) is 25.0. The quantitative estimate of drug-likeness (QED) is 0.0487. The molecule has 0 saturated heterocycles. The number of nitrogens with one attached hydrogen (secondary N) is 1. The van der Waals surface area contributed by atoms with E-state index < -0.39 is 0 Å². The van der Waals surface area contributed by atoms with Crippen molar-refractivity contribution in [2.45, 2.75) is 76.3 Å². The number of aromatic nitrogens is 5. The van der Waals surface area contributed by atoms with E-state index in [9.17, 15) is 14.4 Å². The van der Waals surface area contributed by atoms with Crippen molar-refractivity contribution in [1.29, 1.82) is 0 Å². The molecule has 2 amide bonds. The lowest BCUT2D eigenvalue weighted by Crippen LogP contribution is -2.44. The average Bonchev–Trinajstić information content (AvgIpc) is 1.77. The number of benzene rings is 3. The number of hydrogen-bond donors (Lipinski definition) is 1. The molecule has 0 spiro atoms. The van der Waals surface area contributed by atoms with Crippen LogP contribution in [0.25, 0.3) is 0 Å². The summed E-state index contributed by atoms with van der Waals surface area (Å²) in [6, 6.07) is 31.9. The van der Waals surface area contributed by atoms with Crippen molar-refractivity contribution in [1.82, 2.24) is 49.9 Å². The van der Waals surface area contributed by atoms with Gasteiger partial charge in [0.25, 0.3) is 11.8 Å². The third kappa shape index (κ3) is 17.6. The van der Waals surface area contributed by atoms with Gasteiger partial charge in [0.1, 0.15) is 59.1 Å². The summed E-state index contributed by atoms with van der Waals surface area (Å²) >= 11 is 26.0. The fourth-order valence-corrected chi connectivity index (χ4v) is 15.9. The molecular weight excluding hydrogens is 1370 g/mol. The lowest BCUT2D eigenvalue weighted by molar-refractivity contribution is 0.0745. The van der Waals surface area contributed by atoms with Crippen molar-refractivity contribution >= 4 is 104 Å². The molecule has 0 aliphatic carbocycles. The van der Waals surface area contributed by atoms with Crippen LogP contribution in [0.3, 0.4) is 0 Å². The third-order valence-electron chi connectivity index (χ3n) is 18.2. The van der Waals surface area contributed by atoms with E-state index in [4.69, 9.17) is 58.7 Å².